The second-order valence-electron chi connectivity index (χ2n) is 4.52. The third-order valence-electron chi connectivity index (χ3n) is 3.29. The normalized spacial score (nSPS) is 20.9. The van der Waals surface area contributed by atoms with E-state index < -0.39 is 6.17 Å². The lowest BCUT2D eigenvalue weighted by Crippen LogP contribution is -2.33. The maximum Gasteiger partial charge on any atom is 0.128 e. The highest BCUT2D eigenvalue weighted by Gasteiger charge is 2.23. The van der Waals surface area contributed by atoms with Gasteiger partial charge in [-0.3, -0.25) is 0 Å². The third-order valence-corrected chi connectivity index (χ3v) is 3.29. The SMILES string of the molecule is COc1cc(OC)c(C2CNCCO2)cc1C(C)F. The number of benzene rings is 1. The Morgan fingerprint density at radius 2 is 2.05 bits per heavy atom. The van der Waals surface area contributed by atoms with Crippen LogP contribution in [0.3, 0.4) is 0 Å². The molecule has 1 heterocycles. The van der Waals surface area contributed by atoms with Gasteiger partial charge in [0.05, 0.1) is 26.9 Å². The quantitative estimate of drug-likeness (QED) is 0.911. The van der Waals surface area contributed by atoms with Crippen LogP contribution in [0.1, 0.15) is 30.3 Å². The predicted molar refractivity (Wildman–Crippen MR) is 70.6 cm³/mol. The molecule has 1 aromatic carbocycles. The molecule has 2 unspecified atom stereocenters. The number of hydrogen-bond acceptors (Lipinski definition) is 4. The second-order valence-corrected chi connectivity index (χ2v) is 4.52. The van der Waals surface area contributed by atoms with E-state index in [1.807, 2.05) is 0 Å². The van der Waals surface area contributed by atoms with Gasteiger partial charge < -0.3 is 19.5 Å². The Morgan fingerprint density at radius 3 is 2.58 bits per heavy atom. The molecular weight excluding hydrogens is 249 g/mol. The van der Waals surface area contributed by atoms with Gasteiger partial charge in [0, 0.05) is 30.3 Å². The largest absolute Gasteiger partial charge is 0.496 e. The van der Waals surface area contributed by atoms with Crippen LogP contribution in [0.2, 0.25) is 0 Å². The summed E-state index contributed by atoms with van der Waals surface area (Å²) in [7, 11) is 3.12. The van der Waals surface area contributed by atoms with E-state index >= 15 is 0 Å². The predicted octanol–water partition coefficient (Wildman–Crippen LogP) is 2.40. The summed E-state index contributed by atoms with van der Waals surface area (Å²) in [5.41, 5.74) is 1.38. The van der Waals surface area contributed by atoms with Crippen LogP contribution in [0.5, 0.6) is 11.5 Å². The van der Waals surface area contributed by atoms with Crippen molar-refractivity contribution in [3.8, 4) is 11.5 Å². The van der Waals surface area contributed by atoms with Gasteiger partial charge in [-0.25, -0.2) is 4.39 Å². The lowest BCUT2D eigenvalue weighted by molar-refractivity contribution is 0.0261. The standard InChI is InChI=1S/C14H20FNO3/c1-9(15)10-6-11(14-8-16-4-5-19-14)13(18-3)7-12(10)17-2/h6-7,9,14,16H,4-5,8H2,1-3H3. The van der Waals surface area contributed by atoms with E-state index in [2.05, 4.69) is 5.32 Å². The molecule has 0 saturated carbocycles. The Morgan fingerprint density at radius 1 is 1.32 bits per heavy atom. The van der Waals surface area contributed by atoms with Crippen LogP contribution in [0.25, 0.3) is 0 Å². The molecule has 2 atom stereocenters. The lowest BCUT2D eigenvalue weighted by Gasteiger charge is -2.26. The van der Waals surface area contributed by atoms with Crippen LogP contribution in [0, 0.1) is 0 Å². The van der Waals surface area contributed by atoms with E-state index in [1.54, 1.807) is 19.2 Å². The first-order valence-electron chi connectivity index (χ1n) is 6.39. The van der Waals surface area contributed by atoms with Crippen LogP contribution in [-0.4, -0.2) is 33.9 Å². The monoisotopic (exact) mass is 269 g/mol. The van der Waals surface area contributed by atoms with Crippen molar-refractivity contribution in [2.24, 2.45) is 0 Å². The van der Waals surface area contributed by atoms with Gasteiger partial charge in [0.15, 0.2) is 0 Å². The van der Waals surface area contributed by atoms with E-state index in [9.17, 15) is 4.39 Å². The van der Waals surface area contributed by atoms with Crippen LogP contribution in [0.4, 0.5) is 4.39 Å². The molecule has 0 bridgehead atoms. The van der Waals surface area contributed by atoms with Crippen molar-refractivity contribution in [3.05, 3.63) is 23.3 Å². The molecule has 1 saturated heterocycles. The van der Waals surface area contributed by atoms with Crippen molar-refractivity contribution in [1.82, 2.24) is 5.32 Å². The van der Waals surface area contributed by atoms with Gasteiger partial charge in [0.25, 0.3) is 0 Å². The molecule has 1 aliphatic rings. The summed E-state index contributed by atoms with van der Waals surface area (Å²) in [6.07, 6.45) is -1.22. The molecule has 0 spiro atoms. The first kappa shape index (κ1) is 14.1. The Kier molecular flexibility index (Phi) is 4.61. The molecule has 4 nitrogen and oxygen atoms in total. The minimum atomic E-state index is -1.10. The molecule has 1 aromatic rings. The minimum Gasteiger partial charge on any atom is -0.496 e. The summed E-state index contributed by atoms with van der Waals surface area (Å²) < 4.78 is 30.0. The number of methoxy groups -OCH3 is 2. The molecule has 1 N–H and O–H groups in total. The van der Waals surface area contributed by atoms with Crippen LogP contribution in [0.15, 0.2) is 12.1 Å². The summed E-state index contributed by atoms with van der Waals surface area (Å²) in [6, 6.07) is 3.50. The number of ether oxygens (including phenoxy) is 3. The van der Waals surface area contributed by atoms with Crippen molar-refractivity contribution in [2.75, 3.05) is 33.9 Å². The molecule has 1 fully saturated rings. The summed E-state index contributed by atoms with van der Waals surface area (Å²) in [4.78, 5) is 0. The number of rotatable bonds is 4. The van der Waals surface area contributed by atoms with E-state index in [1.165, 1.54) is 14.0 Å². The van der Waals surface area contributed by atoms with Gasteiger partial charge in [-0.15, -0.1) is 0 Å². The van der Waals surface area contributed by atoms with Crippen molar-refractivity contribution in [2.45, 2.75) is 19.2 Å². The van der Waals surface area contributed by atoms with E-state index in [0.29, 0.717) is 30.2 Å². The molecule has 106 valence electrons. The number of hydrogen-bond donors (Lipinski definition) is 1. The lowest BCUT2D eigenvalue weighted by atomic mass is 10.0. The molecule has 0 radical (unpaired) electrons. The molecular formula is C14H20FNO3. The molecule has 0 amide bonds. The van der Waals surface area contributed by atoms with E-state index in [-0.39, 0.29) is 6.10 Å². The summed E-state index contributed by atoms with van der Waals surface area (Å²) >= 11 is 0. The molecule has 0 aliphatic carbocycles. The van der Waals surface area contributed by atoms with Gasteiger partial charge in [0.1, 0.15) is 17.7 Å². The number of halogens is 1. The molecule has 2 rings (SSSR count). The van der Waals surface area contributed by atoms with Gasteiger partial charge in [-0.1, -0.05) is 0 Å². The van der Waals surface area contributed by atoms with E-state index in [4.69, 9.17) is 14.2 Å². The summed E-state index contributed by atoms with van der Waals surface area (Å²) in [6.45, 7) is 3.67. The van der Waals surface area contributed by atoms with Crippen LogP contribution in [-0.2, 0) is 4.74 Å². The zero-order valence-corrected chi connectivity index (χ0v) is 11.5. The minimum absolute atomic E-state index is 0.118. The first-order chi connectivity index (χ1) is 9.17. The summed E-state index contributed by atoms with van der Waals surface area (Å²) in [5, 5.41) is 3.26. The maximum atomic E-state index is 13.7. The highest BCUT2D eigenvalue weighted by Crippen LogP contribution is 2.38. The Bertz CT molecular complexity index is 431. The highest BCUT2D eigenvalue weighted by molar-refractivity contribution is 5.48. The average Bonchev–Trinajstić information content (AvgIpc) is 2.46. The zero-order chi connectivity index (χ0) is 13.8. The van der Waals surface area contributed by atoms with Crippen molar-refractivity contribution < 1.29 is 18.6 Å². The fourth-order valence-electron chi connectivity index (χ4n) is 2.28. The fourth-order valence-corrected chi connectivity index (χ4v) is 2.28. The smallest absolute Gasteiger partial charge is 0.128 e. The molecule has 0 aromatic heterocycles. The third kappa shape index (κ3) is 2.98. The number of alkyl halides is 1. The highest BCUT2D eigenvalue weighted by atomic mass is 19.1. The maximum absolute atomic E-state index is 13.7. The van der Waals surface area contributed by atoms with Gasteiger partial charge in [-0.2, -0.15) is 0 Å². The van der Waals surface area contributed by atoms with Crippen molar-refractivity contribution >= 4 is 0 Å². The second kappa shape index (κ2) is 6.21. The number of nitrogens with one attached hydrogen (secondary N) is 1. The Hall–Kier alpha value is -1.33. The molecule has 19 heavy (non-hydrogen) atoms. The molecule has 5 heteroatoms. The van der Waals surface area contributed by atoms with Crippen molar-refractivity contribution in [3.63, 3.8) is 0 Å². The Labute approximate surface area is 112 Å². The van der Waals surface area contributed by atoms with Gasteiger partial charge in [-0.05, 0) is 13.0 Å². The average molecular weight is 269 g/mol. The zero-order valence-electron chi connectivity index (χ0n) is 11.5. The topological polar surface area (TPSA) is 39.7 Å². The van der Waals surface area contributed by atoms with E-state index in [0.717, 1.165) is 12.1 Å². The summed E-state index contributed by atoms with van der Waals surface area (Å²) in [5.74, 6) is 1.16. The van der Waals surface area contributed by atoms with Crippen molar-refractivity contribution in [1.29, 1.82) is 0 Å². The fraction of sp³-hybridized carbons (Fsp3) is 0.571. The van der Waals surface area contributed by atoms with Gasteiger partial charge >= 0.3 is 0 Å². The number of morpholine rings is 1. The Balaban J connectivity index is 2.42. The van der Waals surface area contributed by atoms with Crippen LogP contribution >= 0.6 is 0 Å². The molecule has 1 aliphatic heterocycles. The van der Waals surface area contributed by atoms with Crippen LogP contribution < -0.4 is 14.8 Å². The van der Waals surface area contributed by atoms with Gasteiger partial charge in [0.2, 0.25) is 0 Å². The first-order valence-corrected chi connectivity index (χ1v) is 6.39.